The Hall–Kier alpha value is -0.0200. The third-order valence-electron chi connectivity index (χ3n) is 2.00. The van der Waals surface area contributed by atoms with E-state index in [2.05, 4.69) is 4.90 Å². The van der Waals surface area contributed by atoms with E-state index in [1.54, 1.807) is 6.92 Å². The summed E-state index contributed by atoms with van der Waals surface area (Å²) in [6.07, 6.45) is 1.24. The van der Waals surface area contributed by atoms with Crippen molar-refractivity contribution in [1.82, 2.24) is 4.90 Å². The second-order valence-corrected chi connectivity index (χ2v) is 4.28. The lowest BCUT2D eigenvalue weighted by molar-refractivity contribution is -0.118. The highest BCUT2D eigenvalue weighted by molar-refractivity contribution is 7.99. The molecule has 2 nitrogen and oxygen atoms in total. The van der Waals surface area contributed by atoms with Crippen LogP contribution in [0.15, 0.2) is 0 Å². The quantitative estimate of drug-likeness (QED) is 0.635. The van der Waals surface area contributed by atoms with Gasteiger partial charge in [0.2, 0.25) is 0 Å². The number of nitrogens with zero attached hydrogens (tertiary/aromatic N) is 1. The van der Waals surface area contributed by atoms with Crippen LogP contribution in [0.3, 0.4) is 0 Å². The molecule has 0 N–H and O–H groups in total. The Bertz CT molecular complexity index is 143. The van der Waals surface area contributed by atoms with Crippen molar-refractivity contribution >= 4 is 17.5 Å². The molecule has 0 aromatic carbocycles. The number of ketones is 1. The van der Waals surface area contributed by atoms with Crippen molar-refractivity contribution in [3.8, 4) is 0 Å². The molecule has 1 rings (SSSR count). The SMILES string of the molecule is CC(=O)CN(C)C1CCSC1. The molecular weight excluding hydrogens is 158 g/mol. The standard InChI is InChI=1S/C8H15NOS/c1-7(10)5-9(2)8-3-4-11-6-8/h8H,3-6H2,1-2H3. The molecular formula is C8H15NOS. The Morgan fingerprint density at radius 1 is 1.73 bits per heavy atom. The van der Waals surface area contributed by atoms with Crippen molar-refractivity contribution in [1.29, 1.82) is 0 Å². The highest BCUT2D eigenvalue weighted by Crippen LogP contribution is 2.20. The predicted octanol–water partition coefficient (Wildman–Crippen LogP) is 1.01. The topological polar surface area (TPSA) is 20.3 Å². The van der Waals surface area contributed by atoms with Crippen molar-refractivity contribution < 1.29 is 4.79 Å². The van der Waals surface area contributed by atoms with Crippen LogP contribution in [0.5, 0.6) is 0 Å². The minimum Gasteiger partial charge on any atom is -0.299 e. The van der Waals surface area contributed by atoms with Gasteiger partial charge in [0.05, 0.1) is 6.54 Å². The third-order valence-corrected chi connectivity index (χ3v) is 3.15. The Morgan fingerprint density at radius 3 is 2.91 bits per heavy atom. The number of hydrogen-bond donors (Lipinski definition) is 0. The normalized spacial score (nSPS) is 24.5. The van der Waals surface area contributed by atoms with Crippen molar-refractivity contribution in [3.63, 3.8) is 0 Å². The largest absolute Gasteiger partial charge is 0.299 e. The minimum absolute atomic E-state index is 0.268. The van der Waals surface area contributed by atoms with E-state index in [9.17, 15) is 4.79 Å². The van der Waals surface area contributed by atoms with Crippen LogP contribution in [0.4, 0.5) is 0 Å². The van der Waals surface area contributed by atoms with Gasteiger partial charge in [0.15, 0.2) is 0 Å². The van der Waals surface area contributed by atoms with Gasteiger partial charge in [0.1, 0.15) is 5.78 Å². The molecule has 3 heteroatoms. The van der Waals surface area contributed by atoms with Gasteiger partial charge in [-0.25, -0.2) is 0 Å². The average Bonchev–Trinajstić information content (AvgIpc) is 2.35. The summed E-state index contributed by atoms with van der Waals surface area (Å²) in [5, 5.41) is 0. The molecule has 0 saturated carbocycles. The number of thioether (sulfide) groups is 1. The molecule has 0 aromatic rings. The Balaban J connectivity index is 2.28. The molecule has 0 aliphatic carbocycles. The molecule has 0 radical (unpaired) electrons. The van der Waals surface area contributed by atoms with Gasteiger partial charge in [-0.05, 0) is 26.1 Å². The molecule has 1 unspecified atom stereocenters. The van der Waals surface area contributed by atoms with Crippen LogP contribution < -0.4 is 0 Å². The molecule has 1 aliphatic rings. The highest BCUT2D eigenvalue weighted by Gasteiger charge is 2.20. The van der Waals surface area contributed by atoms with Crippen LogP contribution in [0.25, 0.3) is 0 Å². The molecule has 1 heterocycles. The second-order valence-electron chi connectivity index (χ2n) is 3.13. The van der Waals surface area contributed by atoms with Crippen LogP contribution in [0, 0.1) is 0 Å². The zero-order valence-corrected chi connectivity index (χ0v) is 7.99. The maximum absolute atomic E-state index is 10.8. The predicted molar refractivity (Wildman–Crippen MR) is 49.0 cm³/mol. The molecule has 0 amide bonds. The first-order valence-electron chi connectivity index (χ1n) is 3.97. The summed E-state index contributed by atoms with van der Waals surface area (Å²) in [7, 11) is 2.04. The monoisotopic (exact) mass is 173 g/mol. The molecule has 0 spiro atoms. The van der Waals surface area contributed by atoms with Gasteiger partial charge in [-0.3, -0.25) is 9.69 Å². The summed E-state index contributed by atoms with van der Waals surface area (Å²) >= 11 is 1.98. The Kier molecular flexibility index (Phi) is 3.40. The van der Waals surface area contributed by atoms with E-state index >= 15 is 0 Å². The first kappa shape index (κ1) is 9.07. The average molecular weight is 173 g/mol. The van der Waals surface area contributed by atoms with Crippen molar-refractivity contribution in [2.75, 3.05) is 25.1 Å². The summed E-state index contributed by atoms with van der Waals surface area (Å²) in [6, 6.07) is 0.642. The smallest absolute Gasteiger partial charge is 0.143 e. The van der Waals surface area contributed by atoms with Crippen molar-refractivity contribution in [3.05, 3.63) is 0 Å². The van der Waals surface area contributed by atoms with E-state index in [0.717, 1.165) is 0 Å². The summed E-state index contributed by atoms with van der Waals surface area (Å²) in [4.78, 5) is 12.9. The van der Waals surface area contributed by atoms with Crippen LogP contribution in [-0.2, 0) is 4.79 Å². The van der Waals surface area contributed by atoms with Gasteiger partial charge in [-0.2, -0.15) is 11.8 Å². The van der Waals surface area contributed by atoms with Gasteiger partial charge in [-0.15, -0.1) is 0 Å². The van der Waals surface area contributed by atoms with Crippen LogP contribution >= 0.6 is 11.8 Å². The number of rotatable bonds is 3. The van der Waals surface area contributed by atoms with E-state index < -0.39 is 0 Å². The van der Waals surface area contributed by atoms with E-state index in [4.69, 9.17) is 0 Å². The fraction of sp³-hybridized carbons (Fsp3) is 0.875. The Labute approximate surface area is 72.3 Å². The molecule has 1 atom stereocenters. The van der Waals surface area contributed by atoms with E-state index in [1.165, 1.54) is 17.9 Å². The fourth-order valence-corrected chi connectivity index (χ4v) is 2.65. The zero-order valence-electron chi connectivity index (χ0n) is 7.17. The van der Waals surface area contributed by atoms with Gasteiger partial charge >= 0.3 is 0 Å². The molecule has 1 saturated heterocycles. The third kappa shape index (κ3) is 2.83. The van der Waals surface area contributed by atoms with E-state index in [-0.39, 0.29) is 5.78 Å². The van der Waals surface area contributed by atoms with Crippen LogP contribution in [-0.4, -0.2) is 41.8 Å². The first-order chi connectivity index (χ1) is 5.20. The number of hydrogen-bond acceptors (Lipinski definition) is 3. The van der Waals surface area contributed by atoms with E-state index in [1.807, 2.05) is 18.8 Å². The molecule has 0 aromatic heterocycles. The first-order valence-corrected chi connectivity index (χ1v) is 5.13. The second kappa shape index (κ2) is 4.12. The van der Waals surface area contributed by atoms with Crippen molar-refractivity contribution in [2.24, 2.45) is 0 Å². The van der Waals surface area contributed by atoms with E-state index in [0.29, 0.717) is 12.6 Å². The number of likely N-dealkylation sites (N-methyl/N-ethyl adjacent to an activating group) is 1. The lowest BCUT2D eigenvalue weighted by Crippen LogP contribution is -2.34. The maximum Gasteiger partial charge on any atom is 0.143 e. The summed E-state index contributed by atoms with van der Waals surface area (Å²) in [6.45, 7) is 2.27. The highest BCUT2D eigenvalue weighted by atomic mass is 32.2. The molecule has 0 bridgehead atoms. The fourth-order valence-electron chi connectivity index (χ4n) is 1.35. The zero-order chi connectivity index (χ0) is 8.27. The van der Waals surface area contributed by atoms with Crippen LogP contribution in [0.2, 0.25) is 0 Å². The molecule has 11 heavy (non-hydrogen) atoms. The molecule has 64 valence electrons. The molecule has 1 aliphatic heterocycles. The van der Waals surface area contributed by atoms with Gasteiger partial charge in [0.25, 0.3) is 0 Å². The lowest BCUT2D eigenvalue weighted by Gasteiger charge is -2.21. The van der Waals surface area contributed by atoms with Crippen LogP contribution in [0.1, 0.15) is 13.3 Å². The Morgan fingerprint density at radius 2 is 2.45 bits per heavy atom. The number of Topliss-reactive ketones (excluding diaryl/α,β-unsaturated/α-hetero) is 1. The minimum atomic E-state index is 0.268. The van der Waals surface area contributed by atoms with Gasteiger partial charge < -0.3 is 0 Å². The summed E-state index contributed by atoms with van der Waals surface area (Å²) in [5.41, 5.74) is 0. The lowest BCUT2D eigenvalue weighted by atomic mass is 10.2. The number of carbonyl (C=O) groups is 1. The molecule has 1 fully saturated rings. The summed E-state index contributed by atoms with van der Waals surface area (Å²) < 4.78 is 0. The number of carbonyl (C=O) groups excluding carboxylic acids is 1. The van der Waals surface area contributed by atoms with Gasteiger partial charge in [0, 0.05) is 11.8 Å². The van der Waals surface area contributed by atoms with Gasteiger partial charge in [-0.1, -0.05) is 0 Å². The maximum atomic E-state index is 10.8. The summed E-state index contributed by atoms with van der Waals surface area (Å²) in [5.74, 6) is 2.72. The van der Waals surface area contributed by atoms with Crippen molar-refractivity contribution in [2.45, 2.75) is 19.4 Å².